The summed E-state index contributed by atoms with van der Waals surface area (Å²) in [5, 5.41) is 3.01. The predicted molar refractivity (Wildman–Crippen MR) is 95.3 cm³/mol. The molecule has 3 rings (SSSR count). The first-order valence-electron chi connectivity index (χ1n) is 8.66. The van der Waals surface area contributed by atoms with Crippen molar-refractivity contribution in [3.8, 4) is 0 Å². The third kappa shape index (κ3) is 3.60. The van der Waals surface area contributed by atoms with Crippen molar-refractivity contribution in [1.29, 1.82) is 0 Å². The summed E-state index contributed by atoms with van der Waals surface area (Å²) in [6.45, 7) is 7.25. The molecule has 0 bridgehead atoms. The van der Waals surface area contributed by atoms with Gasteiger partial charge in [-0.2, -0.15) is 0 Å². The Labute approximate surface area is 148 Å². The first kappa shape index (κ1) is 17.3. The van der Waals surface area contributed by atoms with E-state index in [0.29, 0.717) is 19.5 Å². The van der Waals surface area contributed by atoms with E-state index in [1.54, 1.807) is 17.0 Å². The minimum absolute atomic E-state index is 0.100. The molecule has 1 unspecified atom stereocenters. The number of nitrogens with zero attached hydrogens (tertiary/aromatic N) is 1. The molecule has 2 amide bonds. The molecule has 0 radical (unpaired) electrons. The lowest BCUT2D eigenvalue weighted by Crippen LogP contribution is -2.45. The van der Waals surface area contributed by atoms with Gasteiger partial charge in [-0.25, -0.2) is 0 Å². The number of amides is 2. The highest BCUT2D eigenvalue weighted by Gasteiger charge is 2.35. The number of likely N-dealkylation sites (tertiary alicyclic amines) is 1. The average molecular weight is 340 g/mol. The molecule has 1 aliphatic heterocycles. The molecule has 1 aromatic carbocycles. The van der Waals surface area contributed by atoms with Gasteiger partial charge in [0.1, 0.15) is 6.04 Å². The second-order valence-electron chi connectivity index (χ2n) is 6.73. The Bertz CT molecular complexity index is 757. The molecule has 0 saturated carbocycles. The van der Waals surface area contributed by atoms with E-state index in [0.717, 1.165) is 12.0 Å². The van der Waals surface area contributed by atoms with Gasteiger partial charge in [-0.05, 0) is 62.4 Å². The summed E-state index contributed by atoms with van der Waals surface area (Å²) < 4.78 is 5.18. The average Bonchev–Trinajstić information content (AvgIpc) is 3.24. The Kier molecular flexibility index (Phi) is 4.93. The van der Waals surface area contributed by atoms with Gasteiger partial charge in [-0.3, -0.25) is 9.59 Å². The van der Waals surface area contributed by atoms with Crippen molar-refractivity contribution in [1.82, 2.24) is 10.2 Å². The van der Waals surface area contributed by atoms with Crippen LogP contribution in [0.15, 0.2) is 34.9 Å². The fourth-order valence-corrected chi connectivity index (χ4v) is 3.61. The van der Waals surface area contributed by atoms with Crippen LogP contribution in [0.4, 0.5) is 0 Å². The van der Waals surface area contributed by atoms with E-state index in [-0.39, 0.29) is 17.6 Å². The van der Waals surface area contributed by atoms with Crippen LogP contribution in [-0.4, -0.2) is 29.3 Å². The van der Waals surface area contributed by atoms with Crippen LogP contribution >= 0.6 is 0 Å². The van der Waals surface area contributed by atoms with Gasteiger partial charge in [0.2, 0.25) is 5.91 Å². The van der Waals surface area contributed by atoms with Gasteiger partial charge in [-0.15, -0.1) is 0 Å². The Morgan fingerprint density at radius 1 is 1.24 bits per heavy atom. The molecule has 5 heteroatoms. The highest BCUT2D eigenvalue weighted by Crippen LogP contribution is 2.21. The van der Waals surface area contributed by atoms with Gasteiger partial charge in [0.05, 0.1) is 6.26 Å². The van der Waals surface area contributed by atoms with E-state index >= 15 is 0 Å². The number of carbonyl (C=O) groups is 2. The SMILES string of the molecule is Cc1cc(C)c(CNC(=O)C2CCCN2C(=O)c2ccco2)c(C)c1. The maximum Gasteiger partial charge on any atom is 0.290 e. The zero-order valence-corrected chi connectivity index (χ0v) is 15.0. The molecule has 1 atom stereocenters. The van der Waals surface area contributed by atoms with Gasteiger partial charge < -0.3 is 14.6 Å². The molecule has 5 nitrogen and oxygen atoms in total. The number of hydrogen-bond donors (Lipinski definition) is 1. The number of carbonyl (C=O) groups excluding carboxylic acids is 2. The Morgan fingerprint density at radius 3 is 2.60 bits per heavy atom. The zero-order chi connectivity index (χ0) is 18.0. The molecule has 1 fully saturated rings. The van der Waals surface area contributed by atoms with Crippen molar-refractivity contribution < 1.29 is 14.0 Å². The lowest BCUT2D eigenvalue weighted by Gasteiger charge is -2.23. The largest absolute Gasteiger partial charge is 0.459 e. The minimum atomic E-state index is -0.427. The van der Waals surface area contributed by atoms with Crippen molar-refractivity contribution in [2.45, 2.75) is 46.2 Å². The van der Waals surface area contributed by atoms with Crippen LogP contribution in [0, 0.1) is 20.8 Å². The lowest BCUT2D eigenvalue weighted by atomic mass is 10.00. The Hall–Kier alpha value is -2.56. The summed E-state index contributed by atoms with van der Waals surface area (Å²) in [5.41, 5.74) is 4.71. The molecule has 25 heavy (non-hydrogen) atoms. The van der Waals surface area contributed by atoms with Crippen LogP contribution in [0.25, 0.3) is 0 Å². The summed E-state index contributed by atoms with van der Waals surface area (Å²) in [6.07, 6.45) is 2.98. The molecular weight excluding hydrogens is 316 g/mol. The molecular formula is C20H24N2O3. The standard InChI is InChI=1S/C20H24N2O3/c1-13-10-14(2)16(15(3)11-13)12-21-19(23)17-6-4-8-22(17)20(24)18-7-5-9-25-18/h5,7,9-11,17H,4,6,8,12H2,1-3H3,(H,21,23). The fraction of sp³-hybridized carbons (Fsp3) is 0.400. The number of furan rings is 1. The number of aryl methyl sites for hydroxylation is 3. The van der Waals surface area contributed by atoms with Gasteiger partial charge in [-0.1, -0.05) is 17.7 Å². The quantitative estimate of drug-likeness (QED) is 0.930. The number of benzene rings is 1. The highest BCUT2D eigenvalue weighted by atomic mass is 16.3. The molecule has 0 spiro atoms. The van der Waals surface area contributed by atoms with E-state index < -0.39 is 6.04 Å². The lowest BCUT2D eigenvalue weighted by molar-refractivity contribution is -0.125. The normalized spacial score (nSPS) is 16.9. The third-order valence-electron chi connectivity index (χ3n) is 4.83. The highest BCUT2D eigenvalue weighted by molar-refractivity contribution is 5.96. The minimum Gasteiger partial charge on any atom is -0.459 e. The summed E-state index contributed by atoms with van der Waals surface area (Å²) in [5.74, 6) is -0.0351. The smallest absolute Gasteiger partial charge is 0.290 e. The van der Waals surface area contributed by atoms with E-state index in [1.807, 2.05) is 0 Å². The van der Waals surface area contributed by atoms with Crippen molar-refractivity contribution in [3.63, 3.8) is 0 Å². The maximum absolute atomic E-state index is 12.7. The number of hydrogen-bond acceptors (Lipinski definition) is 3. The molecule has 1 N–H and O–H groups in total. The van der Waals surface area contributed by atoms with Crippen LogP contribution in [-0.2, 0) is 11.3 Å². The van der Waals surface area contributed by atoms with Crippen LogP contribution < -0.4 is 5.32 Å². The first-order valence-corrected chi connectivity index (χ1v) is 8.66. The topological polar surface area (TPSA) is 62.6 Å². The van der Waals surface area contributed by atoms with Crippen molar-refractivity contribution >= 4 is 11.8 Å². The van der Waals surface area contributed by atoms with Gasteiger partial charge in [0, 0.05) is 13.1 Å². The Morgan fingerprint density at radius 2 is 1.96 bits per heavy atom. The molecule has 132 valence electrons. The molecule has 1 saturated heterocycles. The summed E-state index contributed by atoms with van der Waals surface area (Å²) >= 11 is 0. The van der Waals surface area contributed by atoms with Gasteiger partial charge >= 0.3 is 0 Å². The van der Waals surface area contributed by atoms with Crippen molar-refractivity contribution in [2.75, 3.05) is 6.54 Å². The van der Waals surface area contributed by atoms with Crippen LogP contribution in [0.2, 0.25) is 0 Å². The summed E-state index contributed by atoms with van der Waals surface area (Å²) in [6, 6.07) is 7.13. The fourth-order valence-electron chi connectivity index (χ4n) is 3.61. The van der Waals surface area contributed by atoms with Crippen LogP contribution in [0.5, 0.6) is 0 Å². The first-order chi connectivity index (χ1) is 12.0. The molecule has 2 heterocycles. The van der Waals surface area contributed by atoms with Gasteiger partial charge in [0.25, 0.3) is 5.91 Å². The number of rotatable bonds is 4. The van der Waals surface area contributed by atoms with Gasteiger partial charge in [0.15, 0.2) is 5.76 Å². The second kappa shape index (κ2) is 7.13. The van der Waals surface area contributed by atoms with Crippen molar-refractivity contribution in [2.24, 2.45) is 0 Å². The predicted octanol–water partition coefficient (Wildman–Crippen LogP) is 3.13. The monoisotopic (exact) mass is 340 g/mol. The number of nitrogens with one attached hydrogen (secondary N) is 1. The van der Waals surface area contributed by atoms with E-state index in [2.05, 4.69) is 38.2 Å². The van der Waals surface area contributed by atoms with Crippen molar-refractivity contribution in [3.05, 3.63) is 58.5 Å². The van der Waals surface area contributed by atoms with E-state index in [4.69, 9.17) is 4.42 Å². The summed E-state index contributed by atoms with van der Waals surface area (Å²) in [7, 11) is 0. The van der Waals surface area contributed by atoms with Crippen LogP contribution in [0.3, 0.4) is 0 Å². The van der Waals surface area contributed by atoms with E-state index in [9.17, 15) is 9.59 Å². The maximum atomic E-state index is 12.7. The molecule has 1 aliphatic rings. The molecule has 0 aliphatic carbocycles. The summed E-state index contributed by atoms with van der Waals surface area (Å²) in [4.78, 5) is 26.8. The molecule has 1 aromatic heterocycles. The van der Waals surface area contributed by atoms with E-state index in [1.165, 1.54) is 23.0 Å². The second-order valence-corrected chi connectivity index (χ2v) is 6.73. The Balaban J connectivity index is 1.68. The third-order valence-corrected chi connectivity index (χ3v) is 4.83. The molecule has 2 aromatic rings. The zero-order valence-electron chi connectivity index (χ0n) is 15.0. The van der Waals surface area contributed by atoms with Crippen LogP contribution in [0.1, 0.15) is 45.7 Å².